The monoisotopic (exact) mass is 314 g/mol. The molecule has 1 aromatic rings. The van der Waals surface area contributed by atoms with E-state index in [9.17, 15) is 18.4 Å². The maximum atomic E-state index is 13.9. The van der Waals surface area contributed by atoms with Crippen LogP contribution >= 0.6 is 0 Å². The fraction of sp³-hybridized carbons (Fsp3) is 0.467. The van der Waals surface area contributed by atoms with Crippen molar-refractivity contribution in [1.82, 2.24) is 5.32 Å². The van der Waals surface area contributed by atoms with Crippen molar-refractivity contribution in [2.45, 2.75) is 32.4 Å². The second-order valence-electron chi connectivity index (χ2n) is 5.95. The molecule has 1 aromatic carbocycles. The maximum absolute atomic E-state index is 13.9. The Kier molecular flexibility index (Phi) is 5.46. The summed E-state index contributed by atoms with van der Waals surface area (Å²) in [5, 5.41) is 2.34. The molecule has 0 fully saturated rings. The molecule has 0 bridgehead atoms. The molecule has 1 rings (SSSR count). The van der Waals surface area contributed by atoms with Crippen molar-refractivity contribution in [1.29, 1.82) is 0 Å². The van der Waals surface area contributed by atoms with E-state index in [0.29, 0.717) is 6.29 Å². The van der Waals surface area contributed by atoms with Gasteiger partial charge in [-0.25, -0.2) is 13.6 Å². The largest absolute Gasteiger partial charge is 0.444 e. The number of alkyl carbamates (subject to hydrolysis) is 1. The second kappa shape index (κ2) is 6.72. The van der Waals surface area contributed by atoms with Gasteiger partial charge in [-0.15, -0.1) is 0 Å². The fourth-order valence-electron chi connectivity index (χ4n) is 1.88. The van der Waals surface area contributed by atoms with Gasteiger partial charge in [0.05, 0.1) is 5.69 Å². The molecule has 7 heteroatoms. The highest BCUT2D eigenvalue weighted by Crippen LogP contribution is 2.29. The predicted octanol–water partition coefficient (Wildman–Crippen LogP) is 2.80. The molecule has 0 aliphatic carbocycles. The lowest BCUT2D eigenvalue weighted by Crippen LogP contribution is -2.36. The summed E-state index contributed by atoms with van der Waals surface area (Å²) in [5.41, 5.74) is -0.700. The molecule has 0 aliphatic rings. The van der Waals surface area contributed by atoms with Crippen molar-refractivity contribution in [3.8, 4) is 0 Å². The van der Waals surface area contributed by atoms with Gasteiger partial charge < -0.3 is 19.7 Å². The first-order chi connectivity index (χ1) is 10.1. The topological polar surface area (TPSA) is 58.6 Å². The van der Waals surface area contributed by atoms with Crippen LogP contribution in [0.4, 0.5) is 19.3 Å². The average molecular weight is 314 g/mol. The Labute approximate surface area is 128 Å². The van der Waals surface area contributed by atoms with E-state index >= 15 is 0 Å². The molecule has 0 aliphatic heterocycles. The quantitative estimate of drug-likeness (QED) is 0.868. The van der Waals surface area contributed by atoms with E-state index in [0.717, 1.165) is 6.07 Å². The number of halogens is 2. The van der Waals surface area contributed by atoms with Crippen LogP contribution in [-0.4, -0.2) is 32.1 Å². The molecule has 0 heterocycles. The van der Waals surface area contributed by atoms with Gasteiger partial charge in [0, 0.05) is 19.7 Å². The number of hydrogen-bond acceptors (Lipinski definition) is 4. The van der Waals surface area contributed by atoms with Crippen LogP contribution in [0, 0.1) is 11.6 Å². The third-order valence-electron chi connectivity index (χ3n) is 2.69. The first-order valence-corrected chi connectivity index (χ1v) is 6.67. The van der Waals surface area contributed by atoms with E-state index in [1.807, 2.05) is 0 Å². The third-order valence-corrected chi connectivity index (χ3v) is 2.69. The van der Waals surface area contributed by atoms with E-state index < -0.39 is 29.4 Å². The predicted molar refractivity (Wildman–Crippen MR) is 78.9 cm³/mol. The molecule has 1 N–H and O–H groups in total. The van der Waals surface area contributed by atoms with Gasteiger partial charge in [-0.3, -0.25) is 0 Å². The van der Waals surface area contributed by atoms with Crippen LogP contribution in [-0.2, 0) is 9.53 Å². The molecule has 1 unspecified atom stereocenters. The van der Waals surface area contributed by atoms with Gasteiger partial charge in [0.25, 0.3) is 0 Å². The number of anilines is 1. The summed E-state index contributed by atoms with van der Waals surface area (Å²) in [4.78, 5) is 24.4. The van der Waals surface area contributed by atoms with Crippen LogP contribution in [0.15, 0.2) is 12.1 Å². The summed E-state index contributed by atoms with van der Waals surface area (Å²) in [5.74, 6) is -2.12. The van der Waals surface area contributed by atoms with Crippen molar-refractivity contribution in [3.63, 3.8) is 0 Å². The van der Waals surface area contributed by atoms with Gasteiger partial charge in [0.1, 0.15) is 17.9 Å². The lowest BCUT2D eigenvalue weighted by atomic mass is 10.0. The number of rotatable bonds is 4. The Morgan fingerprint density at radius 2 is 1.91 bits per heavy atom. The average Bonchev–Trinajstić information content (AvgIpc) is 2.36. The molecule has 5 nitrogen and oxygen atoms in total. The number of benzene rings is 1. The van der Waals surface area contributed by atoms with Gasteiger partial charge in [-0.1, -0.05) is 6.07 Å². The number of carbonyl (C=O) groups is 2. The van der Waals surface area contributed by atoms with E-state index in [1.165, 1.54) is 25.1 Å². The second-order valence-corrected chi connectivity index (χ2v) is 5.95. The van der Waals surface area contributed by atoms with Gasteiger partial charge in [0.15, 0.2) is 11.6 Å². The van der Waals surface area contributed by atoms with E-state index in [1.54, 1.807) is 20.8 Å². The lowest BCUT2D eigenvalue weighted by Gasteiger charge is -2.24. The highest BCUT2D eigenvalue weighted by Gasteiger charge is 2.25. The normalized spacial score (nSPS) is 12.5. The Balaban J connectivity index is 3.13. The Morgan fingerprint density at radius 1 is 1.32 bits per heavy atom. The van der Waals surface area contributed by atoms with E-state index in [4.69, 9.17) is 4.74 Å². The van der Waals surface area contributed by atoms with Crippen molar-refractivity contribution in [3.05, 3.63) is 29.3 Å². The van der Waals surface area contributed by atoms with Crippen molar-refractivity contribution >= 4 is 18.1 Å². The van der Waals surface area contributed by atoms with Gasteiger partial charge in [0.2, 0.25) is 0 Å². The zero-order chi connectivity index (χ0) is 17.1. The molecule has 0 aromatic heterocycles. The standard InChI is InChI=1S/C15H20F2N2O3/c1-15(2,3)22-14(21)18-11(8-20)9-6-7-10(16)12(17)13(9)19(4)5/h6-8,11H,1-5H3,(H,18,21). The van der Waals surface area contributed by atoms with Crippen molar-refractivity contribution < 1.29 is 23.1 Å². The number of nitrogens with one attached hydrogen (secondary N) is 1. The van der Waals surface area contributed by atoms with Gasteiger partial charge in [-0.05, 0) is 26.8 Å². The minimum atomic E-state index is -1.15. The number of hydrogen-bond donors (Lipinski definition) is 1. The Bertz CT molecular complexity index is 569. The van der Waals surface area contributed by atoms with Crippen molar-refractivity contribution in [2.24, 2.45) is 0 Å². The SMILES string of the molecule is CN(C)c1c(C(C=O)NC(=O)OC(C)(C)C)ccc(F)c1F. The minimum absolute atomic E-state index is 0.104. The van der Waals surface area contributed by atoms with Crippen molar-refractivity contribution in [2.75, 3.05) is 19.0 Å². The van der Waals surface area contributed by atoms with Crippen LogP contribution in [0.2, 0.25) is 0 Å². The van der Waals surface area contributed by atoms with E-state index in [-0.39, 0.29) is 11.3 Å². The first-order valence-electron chi connectivity index (χ1n) is 6.67. The molecule has 0 saturated carbocycles. The van der Waals surface area contributed by atoms with Crippen LogP contribution in [0.1, 0.15) is 32.4 Å². The summed E-state index contributed by atoms with van der Waals surface area (Å²) in [7, 11) is 3.02. The first kappa shape index (κ1) is 17.9. The number of ether oxygens (including phenoxy) is 1. The molecule has 1 atom stereocenters. The highest BCUT2D eigenvalue weighted by atomic mass is 19.2. The molecule has 122 valence electrons. The molecule has 0 spiro atoms. The number of amides is 1. The minimum Gasteiger partial charge on any atom is -0.444 e. The fourth-order valence-corrected chi connectivity index (χ4v) is 1.88. The number of carbonyl (C=O) groups excluding carboxylic acids is 2. The zero-order valence-corrected chi connectivity index (χ0v) is 13.2. The summed E-state index contributed by atoms with van der Waals surface area (Å²) in [6.45, 7) is 5.02. The van der Waals surface area contributed by atoms with Crippen LogP contribution in [0.5, 0.6) is 0 Å². The molecular formula is C15H20F2N2O3. The molecule has 1 amide bonds. The summed E-state index contributed by atoms with van der Waals surface area (Å²) < 4.78 is 32.4. The molecular weight excluding hydrogens is 294 g/mol. The molecule has 0 radical (unpaired) electrons. The van der Waals surface area contributed by atoms with E-state index in [2.05, 4.69) is 5.32 Å². The van der Waals surface area contributed by atoms with Crippen LogP contribution < -0.4 is 10.2 Å². The lowest BCUT2D eigenvalue weighted by molar-refractivity contribution is -0.109. The Morgan fingerprint density at radius 3 is 2.36 bits per heavy atom. The van der Waals surface area contributed by atoms with Gasteiger partial charge in [-0.2, -0.15) is 0 Å². The Hall–Kier alpha value is -2.18. The maximum Gasteiger partial charge on any atom is 0.408 e. The summed E-state index contributed by atoms with van der Waals surface area (Å²) in [6.07, 6.45) is -0.386. The number of nitrogens with zero attached hydrogens (tertiary/aromatic N) is 1. The zero-order valence-electron chi connectivity index (χ0n) is 13.2. The van der Waals surface area contributed by atoms with Crippen LogP contribution in [0.25, 0.3) is 0 Å². The van der Waals surface area contributed by atoms with Crippen LogP contribution in [0.3, 0.4) is 0 Å². The highest BCUT2D eigenvalue weighted by molar-refractivity contribution is 5.77. The molecule has 22 heavy (non-hydrogen) atoms. The molecule has 0 saturated heterocycles. The third kappa shape index (κ3) is 4.41. The van der Waals surface area contributed by atoms with Gasteiger partial charge >= 0.3 is 6.09 Å². The smallest absolute Gasteiger partial charge is 0.408 e. The number of aldehydes is 1. The summed E-state index contributed by atoms with van der Waals surface area (Å²) in [6, 6.07) is 1.01. The summed E-state index contributed by atoms with van der Waals surface area (Å²) >= 11 is 0.